The molecule has 0 bridgehead atoms. The number of carbonyl (C=O) groups is 2. The molecule has 6 unspecified atom stereocenters. The van der Waals surface area contributed by atoms with E-state index in [0.717, 1.165) is 31.3 Å². The molecule has 0 amide bonds. The predicted octanol–water partition coefficient (Wildman–Crippen LogP) is 6.90. The van der Waals surface area contributed by atoms with Crippen molar-refractivity contribution in [3.05, 3.63) is 46.6 Å². The molecule has 0 aromatic rings. The van der Waals surface area contributed by atoms with Gasteiger partial charge in [-0.15, -0.1) is 0 Å². The standard InChI is InChI=1S/C30H40O3/c1-18-7-11-25(33-27(18)32)19(2)22-14-16-30(6)24-10-9-23-20(8-12-26(31)28(23,3)4)17-21(24)13-15-29(22,30)5/h7-8,12,17,19,22-23,25H,9-11,13-16H2,1-6H3. The van der Waals surface area contributed by atoms with Crippen LogP contribution in [0.5, 0.6) is 0 Å². The average molecular weight is 449 g/mol. The maximum Gasteiger partial charge on any atom is 0.333 e. The molecule has 3 heteroatoms. The van der Waals surface area contributed by atoms with Gasteiger partial charge in [-0.05, 0) is 91.3 Å². The highest BCUT2D eigenvalue weighted by molar-refractivity contribution is 5.96. The summed E-state index contributed by atoms with van der Waals surface area (Å²) in [4.78, 5) is 24.9. The lowest BCUT2D eigenvalue weighted by Crippen LogP contribution is -2.46. The van der Waals surface area contributed by atoms with Gasteiger partial charge >= 0.3 is 5.97 Å². The number of cyclic esters (lactones) is 1. The Morgan fingerprint density at radius 3 is 2.52 bits per heavy atom. The third kappa shape index (κ3) is 3.21. The van der Waals surface area contributed by atoms with Crippen LogP contribution in [-0.2, 0) is 14.3 Å². The Kier molecular flexibility index (Phi) is 5.23. The van der Waals surface area contributed by atoms with Crippen molar-refractivity contribution in [3.63, 3.8) is 0 Å². The van der Waals surface area contributed by atoms with E-state index in [-0.39, 0.29) is 34.1 Å². The molecule has 0 aromatic heterocycles. The molecule has 5 rings (SSSR count). The Hall–Kier alpha value is -1.90. The molecule has 0 saturated heterocycles. The Labute approximate surface area is 199 Å². The number of hydrogen-bond acceptors (Lipinski definition) is 3. The first-order valence-corrected chi connectivity index (χ1v) is 13.0. The minimum absolute atomic E-state index is 0.00294. The first-order valence-electron chi connectivity index (χ1n) is 13.0. The average Bonchev–Trinajstić information content (AvgIpc) is 2.91. The van der Waals surface area contributed by atoms with Crippen molar-refractivity contribution in [1.29, 1.82) is 0 Å². The SMILES string of the molecule is CC1=CCC(C(C)C2CCC3(C)C4=C(C=C5C=CC(=O)C(C)(C)C5CC4)CCC23C)OC1=O. The first kappa shape index (κ1) is 22.9. The predicted molar refractivity (Wildman–Crippen MR) is 131 cm³/mol. The number of ether oxygens (including phenoxy) is 1. The second-order valence-corrected chi connectivity index (χ2v) is 12.5. The van der Waals surface area contributed by atoms with Gasteiger partial charge in [0.25, 0.3) is 0 Å². The number of fused-ring (bicyclic) bond motifs is 3. The van der Waals surface area contributed by atoms with Gasteiger partial charge in [0.1, 0.15) is 6.10 Å². The fraction of sp³-hybridized carbons (Fsp3) is 0.667. The quantitative estimate of drug-likeness (QED) is 0.432. The van der Waals surface area contributed by atoms with Crippen LogP contribution in [0.3, 0.4) is 0 Å². The molecule has 1 heterocycles. The molecular weight excluding hydrogens is 408 g/mol. The van der Waals surface area contributed by atoms with Gasteiger partial charge in [0.2, 0.25) is 0 Å². The highest BCUT2D eigenvalue weighted by Gasteiger charge is 2.60. The van der Waals surface area contributed by atoms with Gasteiger partial charge < -0.3 is 4.74 Å². The molecule has 1 aliphatic heterocycles. The van der Waals surface area contributed by atoms with Crippen LogP contribution in [0.15, 0.2) is 46.6 Å². The van der Waals surface area contributed by atoms with Crippen LogP contribution in [-0.4, -0.2) is 17.9 Å². The monoisotopic (exact) mass is 448 g/mol. The lowest BCUT2D eigenvalue weighted by atomic mass is 9.52. The van der Waals surface area contributed by atoms with Gasteiger partial charge in [-0.1, -0.05) is 58.4 Å². The molecule has 1 saturated carbocycles. The summed E-state index contributed by atoms with van der Waals surface area (Å²) >= 11 is 0. The molecule has 0 aromatic carbocycles. The zero-order valence-corrected chi connectivity index (χ0v) is 21.3. The molecule has 0 radical (unpaired) electrons. The van der Waals surface area contributed by atoms with Crippen molar-refractivity contribution < 1.29 is 14.3 Å². The summed E-state index contributed by atoms with van der Waals surface area (Å²) in [6, 6.07) is 0. The number of carbonyl (C=O) groups excluding carboxylic acids is 2. The summed E-state index contributed by atoms with van der Waals surface area (Å²) in [6.07, 6.45) is 16.1. The Bertz CT molecular complexity index is 1020. The fourth-order valence-corrected chi connectivity index (χ4v) is 8.25. The van der Waals surface area contributed by atoms with E-state index >= 15 is 0 Å². The highest BCUT2D eigenvalue weighted by Crippen LogP contribution is 2.68. The summed E-state index contributed by atoms with van der Waals surface area (Å²) in [5, 5.41) is 0. The third-order valence-corrected chi connectivity index (χ3v) is 10.8. The van der Waals surface area contributed by atoms with E-state index in [1.165, 1.54) is 24.8 Å². The summed E-state index contributed by atoms with van der Waals surface area (Å²) in [5.41, 5.74) is 5.37. The summed E-state index contributed by atoms with van der Waals surface area (Å²) in [5.74, 6) is 1.35. The van der Waals surface area contributed by atoms with Crippen molar-refractivity contribution in [3.8, 4) is 0 Å². The van der Waals surface area contributed by atoms with Crippen molar-refractivity contribution in [2.24, 2.45) is 34.0 Å². The van der Waals surface area contributed by atoms with E-state index in [2.05, 4.69) is 52.8 Å². The Balaban J connectivity index is 1.46. The third-order valence-electron chi connectivity index (χ3n) is 10.8. The molecule has 0 N–H and O–H groups in total. The smallest absolute Gasteiger partial charge is 0.333 e. The van der Waals surface area contributed by atoms with Gasteiger partial charge in [-0.2, -0.15) is 0 Å². The van der Waals surface area contributed by atoms with Crippen LogP contribution in [0.4, 0.5) is 0 Å². The first-order chi connectivity index (χ1) is 15.5. The normalized spacial score (nSPS) is 40.7. The van der Waals surface area contributed by atoms with Crippen molar-refractivity contribution >= 4 is 11.8 Å². The van der Waals surface area contributed by atoms with E-state index in [9.17, 15) is 9.59 Å². The molecule has 1 fully saturated rings. The topological polar surface area (TPSA) is 43.4 Å². The minimum Gasteiger partial charge on any atom is -0.458 e. The Morgan fingerprint density at radius 1 is 1.03 bits per heavy atom. The minimum atomic E-state index is -0.317. The van der Waals surface area contributed by atoms with Crippen LogP contribution in [0.1, 0.15) is 86.5 Å². The number of esters is 1. The van der Waals surface area contributed by atoms with Gasteiger partial charge in [0, 0.05) is 17.4 Å². The summed E-state index contributed by atoms with van der Waals surface area (Å²) in [7, 11) is 0. The van der Waals surface area contributed by atoms with Crippen LogP contribution in [0.2, 0.25) is 0 Å². The van der Waals surface area contributed by atoms with Crippen LogP contribution >= 0.6 is 0 Å². The molecule has 33 heavy (non-hydrogen) atoms. The van der Waals surface area contributed by atoms with E-state index in [4.69, 9.17) is 4.74 Å². The molecule has 0 spiro atoms. The van der Waals surface area contributed by atoms with Crippen LogP contribution in [0.25, 0.3) is 0 Å². The number of hydrogen-bond donors (Lipinski definition) is 0. The van der Waals surface area contributed by atoms with Crippen molar-refractivity contribution in [1.82, 2.24) is 0 Å². The molecule has 3 nitrogen and oxygen atoms in total. The summed E-state index contributed by atoms with van der Waals surface area (Å²) < 4.78 is 5.89. The lowest BCUT2D eigenvalue weighted by molar-refractivity contribution is -0.150. The Morgan fingerprint density at radius 2 is 1.79 bits per heavy atom. The van der Waals surface area contributed by atoms with E-state index in [1.807, 2.05) is 6.92 Å². The van der Waals surface area contributed by atoms with E-state index in [1.54, 1.807) is 17.2 Å². The second kappa shape index (κ2) is 7.55. The second-order valence-electron chi connectivity index (χ2n) is 12.5. The summed E-state index contributed by atoms with van der Waals surface area (Å²) in [6.45, 7) is 13.5. The van der Waals surface area contributed by atoms with Gasteiger partial charge in [-0.25, -0.2) is 4.79 Å². The van der Waals surface area contributed by atoms with Crippen molar-refractivity contribution in [2.45, 2.75) is 92.6 Å². The molecule has 178 valence electrons. The number of rotatable bonds is 2. The van der Waals surface area contributed by atoms with E-state index < -0.39 is 0 Å². The zero-order chi connectivity index (χ0) is 23.8. The lowest BCUT2D eigenvalue weighted by Gasteiger charge is -2.52. The van der Waals surface area contributed by atoms with Crippen LogP contribution < -0.4 is 0 Å². The zero-order valence-electron chi connectivity index (χ0n) is 21.3. The van der Waals surface area contributed by atoms with E-state index in [0.29, 0.717) is 17.8 Å². The number of ketones is 1. The van der Waals surface area contributed by atoms with Crippen LogP contribution in [0, 0.1) is 34.0 Å². The van der Waals surface area contributed by atoms with Gasteiger partial charge in [0.05, 0.1) is 0 Å². The van der Waals surface area contributed by atoms with Gasteiger partial charge in [0.15, 0.2) is 5.78 Å². The maximum atomic E-state index is 12.6. The highest BCUT2D eigenvalue weighted by atomic mass is 16.5. The molecular formula is C30H40O3. The fourth-order valence-electron chi connectivity index (χ4n) is 8.25. The molecule has 6 atom stereocenters. The van der Waals surface area contributed by atoms with Crippen molar-refractivity contribution in [2.75, 3.05) is 0 Å². The molecule has 5 aliphatic rings. The number of allylic oxidation sites excluding steroid dienone is 6. The van der Waals surface area contributed by atoms with Gasteiger partial charge in [-0.3, -0.25) is 4.79 Å². The molecule has 4 aliphatic carbocycles. The maximum absolute atomic E-state index is 12.6. The largest absolute Gasteiger partial charge is 0.458 e.